The van der Waals surface area contributed by atoms with Crippen molar-refractivity contribution >= 4 is 0 Å². The smallest absolute Gasteiger partial charge is 0.207 e. The van der Waals surface area contributed by atoms with Gasteiger partial charge in [0.25, 0.3) is 0 Å². The van der Waals surface area contributed by atoms with Crippen molar-refractivity contribution in [2.24, 2.45) is 0 Å². The minimum atomic E-state index is -4.63. The summed E-state index contributed by atoms with van der Waals surface area (Å²) in [6, 6.07) is 6.35. The molecule has 0 radical (unpaired) electrons. The van der Waals surface area contributed by atoms with E-state index in [1.54, 1.807) is 6.07 Å². The summed E-state index contributed by atoms with van der Waals surface area (Å²) in [6.07, 6.45) is -4.63. The average molecular weight is 283 g/mol. The van der Waals surface area contributed by atoms with Crippen molar-refractivity contribution in [2.75, 3.05) is 0 Å². The number of halogens is 5. The zero-order valence-electron chi connectivity index (χ0n) is 9.80. The van der Waals surface area contributed by atoms with Gasteiger partial charge in [-0.15, -0.1) is 0 Å². The van der Waals surface area contributed by atoms with Crippen molar-refractivity contribution in [3.8, 4) is 17.2 Å². The highest BCUT2D eigenvalue weighted by Crippen LogP contribution is 2.34. The van der Waals surface area contributed by atoms with E-state index < -0.39 is 23.4 Å². The molecule has 0 N–H and O–H groups in total. The average Bonchev–Trinajstić information content (AvgIpc) is 2.40. The van der Waals surface area contributed by atoms with Gasteiger partial charge < -0.3 is 0 Å². The van der Waals surface area contributed by atoms with Gasteiger partial charge >= 0.3 is 6.18 Å². The lowest BCUT2D eigenvalue weighted by Crippen LogP contribution is -2.05. The standard InChI is InChI=1S/C14H6F5N/c15-10-3-4-13(16)12(6-10)11-5-9(14(17,18)19)2-1-8(11)7-20/h1-6H. The van der Waals surface area contributed by atoms with E-state index in [-0.39, 0.29) is 16.7 Å². The highest BCUT2D eigenvalue weighted by atomic mass is 19.4. The SMILES string of the molecule is N#Cc1ccc(C(F)(F)F)cc1-c1cc(F)ccc1F. The highest BCUT2D eigenvalue weighted by Gasteiger charge is 2.31. The van der Waals surface area contributed by atoms with Crippen molar-refractivity contribution in [2.45, 2.75) is 6.18 Å². The molecule has 0 aliphatic rings. The summed E-state index contributed by atoms with van der Waals surface area (Å²) in [7, 11) is 0. The van der Waals surface area contributed by atoms with Crippen molar-refractivity contribution in [3.63, 3.8) is 0 Å². The topological polar surface area (TPSA) is 23.8 Å². The van der Waals surface area contributed by atoms with Crippen LogP contribution in [0.3, 0.4) is 0 Å². The van der Waals surface area contributed by atoms with E-state index in [1.165, 1.54) is 0 Å². The van der Waals surface area contributed by atoms with E-state index in [9.17, 15) is 22.0 Å². The van der Waals surface area contributed by atoms with E-state index >= 15 is 0 Å². The lowest BCUT2D eigenvalue weighted by Gasteiger charge is -2.11. The molecule has 2 aromatic carbocycles. The third kappa shape index (κ3) is 2.62. The Balaban J connectivity index is 2.72. The van der Waals surface area contributed by atoms with Crippen molar-refractivity contribution in [3.05, 3.63) is 59.2 Å². The molecule has 0 fully saturated rings. The molecule has 0 bridgehead atoms. The summed E-state index contributed by atoms with van der Waals surface area (Å²) >= 11 is 0. The first-order valence-corrected chi connectivity index (χ1v) is 5.39. The zero-order valence-corrected chi connectivity index (χ0v) is 9.80. The van der Waals surface area contributed by atoms with Gasteiger partial charge in [-0.1, -0.05) is 0 Å². The highest BCUT2D eigenvalue weighted by molar-refractivity contribution is 5.72. The molecule has 0 saturated heterocycles. The van der Waals surface area contributed by atoms with Crippen molar-refractivity contribution < 1.29 is 22.0 Å². The molecule has 0 heterocycles. The number of benzene rings is 2. The number of rotatable bonds is 1. The molecule has 0 aliphatic heterocycles. The van der Waals surface area contributed by atoms with Gasteiger partial charge in [-0.05, 0) is 36.4 Å². The number of nitrogens with zero attached hydrogens (tertiary/aromatic N) is 1. The van der Waals surface area contributed by atoms with Crippen LogP contribution in [0, 0.1) is 23.0 Å². The van der Waals surface area contributed by atoms with E-state index in [0.717, 1.165) is 30.3 Å². The Morgan fingerprint density at radius 1 is 0.900 bits per heavy atom. The Kier molecular flexibility index (Phi) is 3.45. The van der Waals surface area contributed by atoms with Crippen LogP contribution in [0.25, 0.3) is 11.1 Å². The fourth-order valence-corrected chi connectivity index (χ4v) is 1.74. The molecule has 0 spiro atoms. The molecule has 2 aromatic rings. The van der Waals surface area contributed by atoms with E-state index in [0.29, 0.717) is 6.07 Å². The predicted molar refractivity (Wildman–Crippen MR) is 61.5 cm³/mol. The first kappa shape index (κ1) is 14.0. The largest absolute Gasteiger partial charge is 0.416 e. The van der Waals surface area contributed by atoms with Crippen LogP contribution in [-0.2, 0) is 6.18 Å². The summed E-state index contributed by atoms with van der Waals surface area (Å²) in [4.78, 5) is 0. The lowest BCUT2D eigenvalue weighted by molar-refractivity contribution is -0.137. The van der Waals surface area contributed by atoms with Crippen LogP contribution in [0.5, 0.6) is 0 Å². The fourth-order valence-electron chi connectivity index (χ4n) is 1.74. The van der Waals surface area contributed by atoms with Gasteiger partial charge in [0.15, 0.2) is 0 Å². The Hall–Kier alpha value is -2.42. The second-order valence-electron chi connectivity index (χ2n) is 3.99. The lowest BCUT2D eigenvalue weighted by atomic mass is 9.97. The molecule has 20 heavy (non-hydrogen) atoms. The van der Waals surface area contributed by atoms with Crippen LogP contribution in [0.15, 0.2) is 36.4 Å². The maximum Gasteiger partial charge on any atom is 0.416 e. The Morgan fingerprint density at radius 3 is 2.20 bits per heavy atom. The quantitative estimate of drug-likeness (QED) is 0.706. The molecule has 0 amide bonds. The Morgan fingerprint density at radius 2 is 1.60 bits per heavy atom. The maximum atomic E-state index is 13.6. The first-order chi connectivity index (χ1) is 9.32. The van der Waals surface area contributed by atoms with E-state index in [2.05, 4.69) is 0 Å². The Labute approximate surface area is 110 Å². The summed E-state index contributed by atoms with van der Waals surface area (Å²) in [5.74, 6) is -1.70. The van der Waals surface area contributed by atoms with Crippen LogP contribution in [0.1, 0.15) is 11.1 Å². The van der Waals surface area contributed by atoms with E-state index in [4.69, 9.17) is 5.26 Å². The normalized spacial score (nSPS) is 11.2. The summed E-state index contributed by atoms with van der Waals surface area (Å²) in [5.41, 5.74) is -1.87. The fraction of sp³-hybridized carbons (Fsp3) is 0.0714. The van der Waals surface area contributed by atoms with Crippen LogP contribution in [-0.4, -0.2) is 0 Å². The molecule has 0 saturated carbocycles. The van der Waals surface area contributed by atoms with Crippen molar-refractivity contribution in [1.29, 1.82) is 5.26 Å². The van der Waals surface area contributed by atoms with Crippen LogP contribution >= 0.6 is 0 Å². The maximum absolute atomic E-state index is 13.6. The van der Waals surface area contributed by atoms with Gasteiger partial charge in [0.1, 0.15) is 11.6 Å². The summed E-state index contributed by atoms with van der Waals surface area (Å²) in [5, 5.41) is 8.89. The molecule has 6 heteroatoms. The van der Waals surface area contributed by atoms with Gasteiger partial charge in [0, 0.05) is 11.1 Å². The van der Waals surface area contributed by atoms with Gasteiger partial charge in [0.05, 0.1) is 17.2 Å². The summed E-state index contributed by atoms with van der Waals surface area (Å²) in [6.45, 7) is 0. The zero-order chi connectivity index (χ0) is 14.9. The Bertz CT molecular complexity index is 698. The number of alkyl halides is 3. The molecule has 2 rings (SSSR count). The molecule has 0 unspecified atom stereocenters. The van der Waals surface area contributed by atoms with Crippen LogP contribution in [0.4, 0.5) is 22.0 Å². The monoisotopic (exact) mass is 283 g/mol. The van der Waals surface area contributed by atoms with Gasteiger partial charge in [-0.25, -0.2) is 8.78 Å². The minimum absolute atomic E-state index is 0.164. The van der Waals surface area contributed by atoms with Crippen LogP contribution < -0.4 is 0 Å². The van der Waals surface area contributed by atoms with Crippen molar-refractivity contribution in [1.82, 2.24) is 0 Å². The first-order valence-electron chi connectivity index (χ1n) is 5.39. The molecular formula is C14H6F5N. The molecule has 102 valence electrons. The predicted octanol–water partition coefficient (Wildman–Crippen LogP) is 4.52. The number of hydrogen-bond donors (Lipinski definition) is 0. The van der Waals surface area contributed by atoms with Gasteiger partial charge in [0.2, 0.25) is 0 Å². The molecule has 1 nitrogen and oxygen atoms in total. The van der Waals surface area contributed by atoms with Gasteiger partial charge in [-0.2, -0.15) is 18.4 Å². The summed E-state index contributed by atoms with van der Waals surface area (Å²) < 4.78 is 64.7. The molecule has 0 aromatic heterocycles. The second-order valence-corrected chi connectivity index (χ2v) is 3.99. The van der Waals surface area contributed by atoms with E-state index in [1.807, 2.05) is 0 Å². The third-order valence-electron chi connectivity index (χ3n) is 2.69. The van der Waals surface area contributed by atoms with Gasteiger partial charge in [-0.3, -0.25) is 0 Å². The second kappa shape index (κ2) is 4.93. The number of hydrogen-bond acceptors (Lipinski definition) is 1. The van der Waals surface area contributed by atoms with Crippen LogP contribution in [0.2, 0.25) is 0 Å². The molecule has 0 aliphatic carbocycles. The number of nitriles is 1. The molecule has 0 atom stereocenters. The minimum Gasteiger partial charge on any atom is -0.207 e. The third-order valence-corrected chi connectivity index (χ3v) is 2.69. The molecular weight excluding hydrogens is 277 g/mol.